The number of benzene rings is 2. The van der Waals surface area contributed by atoms with Crippen molar-refractivity contribution in [1.82, 2.24) is 5.32 Å². The number of nitrogens with one attached hydrogen (secondary N) is 1. The second-order valence-corrected chi connectivity index (χ2v) is 5.06. The molecule has 106 valence electrons. The molecule has 1 atom stereocenters. The van der Waals surface area contributed by atoms with Crippen molar-refractivity contribution < 1.29 is 9.90 Å². The first kappa shape index (κ1) is 14.5. The van der Waals surface area contributed by atoms with E-state index in [9.17, 15) is 9.90 Å². The fraction of sp³-hybridized carbons (Fsp3) is 0.353. The highest BCUT2D eigenvalue weighted by Crippen LogP contribution is 2.15. The minimum absolute atomic E-state index is 0.00332. The van der Waals surface area contributed by atoms with Crippen LogP contribution < -0.4 is 5.32 Å². The number of hydrogen-bond acceptors (Lipinski definition) is 2. The highest BCUT2D eigenvalue weighted by Gasteiger charge is 2.05. The Kier molecular flexibility index (Phi) is 5.13. The molecule has 0 fully saturated rings. The minimum atomic E-state index is -0.323. The van der Waals surface area contributed by atoms with E-state index < -0.39 is 0 Å². The Balaban J connectivity index is 1.89. The van der Waals surface area contributed by atoms with Crippen molar-refractivity contribution in [3.8, 4) is 0 Å². The van der Waals surface area contributed by atoms with E-state index in [1.54, 1.807) is 0 Å². The van der Waals surface area contributed by atoms with Gasteiger partial charge in [0, 0.05) is 6.54 Å². The molecule has 0 aliphatic heterocycles. The lowest BCUT2D eigenvalue weighted by Gasteiger charge is -2.09. The van der Waals surface area contributed by atoms with Crippen LogP contribution in [0.4, 0.5) is 0 Å². The summed E-state index contributed by atoms with van der Waals surface area (Å²) >= 11 is 0. The second-order valence-electron chi connectivity index (χ2n) is 5.06. The van der Waals surface area contributed by atoms with Crippen molar-refractivity contribution in [3.63, 3.8) is 0 Å². The van der Waals surface area contributed by atoms with Crippen molar-refractivity contribution in [3.05, 3.63) is 48.0 Å². The zero-order valence-electron chi connectivity index (χ0n) is 11.8. The summed E-state index contributed by atoms with van der Waals surface area (Å²) in [6, 6.07) is 14.2. The number of amides is 1. The lowest BCUT2D eigenvalue weighted by atomic mass is 10.0. The van der Waals surface area contributed by atoms with Crippen molar-refractivity contribution in [2.75, 3.05) is 6.54 Å². The van der Waals surface area contributed by atoms with E-state index in [1.807, 2.05) is 37.3 Å². The van der Waals surface area contributed by atoms with E-state index >= 15 is 0 Å². The first-order valence-corrected chi connectivity index (χ1v) is 7.11. The third-order valence-corrected chi connectivity index (χ3v) is 3.45. The quantitative estimate of drug-likeness (QED) is 0.848. The van der Waals surface area contributed by atoms with E-state index in [1.165, 1.54) is 5.39 Å². The number of carbonyl (C=O) groups is 1. The zero-order valence-corrected chi connectivity index (χ0v) is 11.8. The van der Waals surface area contributed by atoms with Crippen LogP contribution >= 0.6 is 0 Å². The fourth-order valence-electron chi connectivity index (χ4n) is 2.18. The van der Waals surface area contributed by atoms with Crippen molar-refractivity contribution in [1.29, 1.82) is 0 Å². The molecule has 1 unspecified atom stereocenters. The van der Waals surface area contributed by atoms with E-state index in [4.69, 9.17) is 0 Å². The predicted octanol–water partition coefficient (Wildman–Crippen LogP) is 2.66. The molecule has 2 aromatic rings. The van der Waals surface area contributed by atoms with Crippen molar-refractivity contribution >= 4 is 16.7 Å². The number of aliphatic hydroxyl groups is 1. The van der Waals surface area contributed by atoms with Crippen LogP contribution in [0.2, 0.25) is 0 Å². The number of rotatable bonds is 6. The summed E-state index contributed by atoms with van der Waals surface area (Å²) in [4.78, 5) is 11.8. The van der Waals surface area contributed by atoms with Gasteiger partial charge >= 0.3 is 0 Å². The SMILES string of the molecule is CCC(O)CCNC(=O)Cc1ccc2ccccc2c1. The Bertz CT molecular complexity index is 580. The molecule has 2 N–H and O–H groups in total. The topological polar surface area (TPSA) is 49.3 Å². The molecule has 0 bridgehead atoms. The van der Waals surface area contributed by atoms with Gasteiger partial charge in [-0.1, -0.05) is 49.4 Å². The lowest BCUT2D eigenvalue weighted by Crippen LogP contribution is -2.28. The largest absolute Gasteiger partial charge is 0.393 e. The molecule has 3 heteroatoms. The van der Waals surface area contributed by atoms with Crippen molar-refractivity contribution in [2.45, 2.75) is 32.3 Å². The smallest absolute Gasteiger partial charge is 0.224 e. The molecule has 0 heterocycles. The van der Waals surface area contributed by atoms with Crippen LogP contribution in [0.15, 0.2) is 42.5 Å². The Morgan fingerprint density at radius 1 is 1.20 bits per heavy atom. The summed E-state index contributed by atoms with van der Waals surface area (Å²) in [7, 11) is 0. The van der Waals surface area contributed by atoms with E-state index in [-0.39, 0.29) is 12.0 Å². The summed E-state index contributed by atoms with van der Waals surface area (Å²) in [5.41, 5.74) is 1.01. The second kappa shape index (κ2) is 7.06. The van der Waals surface area contributed by atoms with Gasteiger partial charge in [0.15, 0.2) is 0 Å². The Labute approximate surface area is 119 Å². The highest BCUT2D eigenvalue weighted by atomic mass is 16.3. The van der Waals surface area contributed by atoms with Gasteiger partial charge < -0.3 is 10.4 Å². The molecular weight excluding hydrogens is 250 g/mol. The van der Waals surface area contributed by atoms with Crippen LogP contribution in [-0.2, 0) is 11.2 Å². The molecule has 3 nitrogen and oxygen atoms in total. The summed E-state index contributed by atoms with van der Waals surface area (Å²) < 4.78 is 0. The molecular formula is C17H21NO2. The third kappa shape index (κ3) is 4.07. The summed E-state index contributed by atoms with van der Waals surface area (Å²) in [6.45, 7) is 2.46. The van der Waals surface area contributed by atoms with Gasteiger partial charge in [0.25, 0.3) is 0 Å². The Morgan fingerprint density at radius 3 is 2.70 bits per heavy atom. The number of aliphatic hydroxyl groups excluding tert-OH is 1. The maximum atomic E-state index is 11.8. The van der Waals surface area contributed by atoms with Crippen LogP contribution in [0.5, 0.6) is 0 Å². The molecule has 0 aromatic heterocycles. The molecule has 0 aliphatic rings. The fourth-order valence-corrected chi connectivity index (χ4v) is 2.18. The average Bonchev–Trinajstić information content (AvgIpc) is 2.47. The van der Waals surface area contributed by atoms with E-state index in [0.29, 0.717) is 19.4 Å². The van der Waals surface area contributed by atoms with E-state index in [0.717, 1.165) is 17.4 Å². The maximum Gasteiger partial charge on any atom is 0.224 e. The lowest BCUT2D eigenvalue weighted by molar-refractivity contribution is -0.120. The van der Waals surface area contributed by atoms with Gasteiger partial charge in [-0.2, -0.15) is 0 Å². The third-order valence-electron chi connectivity index (χ3n) is 3.45. The molecule has 0 aliphatic carbocycles. The van der Waals surface area contributed by atoms with Gasteiger partial charge in [-0.3, -0.25) is 4.79 Å². The molecule has 2 rings (SSSR count). The van der Waals surface area contributed by atoms with Gasteiger partial charge in [0.1, 0.15) is 0 Å². The van der Waals surface area contributed by atoms with Crippen LogP contribution in [-0.4, -0.2) is 23.7 Å². The minimum Gasteiger partial charge on any atom is -0.393 e. The van der Waals surface area contributed by atoms with Gasteiger partial charge in [0.05, 0.1) is 12.5 Å². The van der Waals surface area contributed by atoms with Gasteiger partial charge in [0.2, 0.25) is 5.91 Å². The summed E-state index contributed by atoms with van der Waals surface area (Å²) in [5.74, 6) is 0.00332. The molecule has 0 spiro atoms. The average molecular weight is 271 g/mol. The van der Waals surface area contributed by atoms with E-state index in [2.05, 4.69) is 17.4 Å². The van der Waals surface area contributed by atoms with Gasteiger partial charge in [-0.15, -0.1) is 0 Å². The number of fused-ring (bicyclic) bond motifs is 1. The molecule has 1 amide bonds. The number of hydrogen-bond donors (Lipinski definition) is 2. The van der Waals surface area contributed by atoms with Crippen LogP contribution in [0, 0.1) is 0 Å². The molecule has 2 aromatic carbocycles. The Morgan fingerprint density at radius 2 is 1.95 bits per heavy atom. The van der Waals surface area contributed by atoms with Gasteiger partial charge in [-0.05, 0) is 29.2 Å². The molecule has 0 radical (unpaired) electrons. The first-order chi connectivity index (χ1) is 9.69. The zero-order chi connectivity index (χ0) is 14.4. The summed E-state index contributed by atoms with van der Waals surface area (Å²) in [6.07, 6.45) is 1.39. The monoisotopic (exact) mass is 271 g/mol. The maximum absolute atomic E-state index is 11.8. The van der Waals surface area contributed by atoms with Crippen LogP contribution in [0.3, 0.4) is 0 Å². The predicted molar refractivity (Wildman–Crippen MR) is 81.6 cm³/mol. The molecule has 0 saturated heterocycles. The summed E-state index contributed by atoms with van der Waals surface area (Å²) in [5, 5.41) is 14.6. The number of carbonyl (C=O) groups excluding carboxylic acids is 1. The Hall–Kier alpha value is -1.87. The van der Waals surface area contributed by atoms with Gasteiger partial charge in [-0.25, -0.2) is 0 Å². The highest BCUT2D eigenvalue weighted by molar-refractivity contribution is 5.85. The molecule has 0 saturated carbocycles. The normalized spacial score (nSPS) is 12.3. The first-order valence-electron chi connectivity index (χ1n) is 7.11. The van der Waals surface area contributed by atoms with Crippen molar-refractivity contribution in [2.24, 2.45) is 0 Å². The van der Waals surface area contributed by atoms with Crippen LogP contribution in [0.25, 0.3) is 10.8 Å². The van der Waals surface area contributed by atoms with Crippen LogP contribution in [0.1, 0.15) is 25.3 Å². The molecule has 20 heavy (non-hydrogen) atoms. The standard InChI is InChI=1S/C17H21NO2/c1-2-16(19)9-10-18-17(20)12-13-7-8-14-5-3-4-6-15(14)11-13/h3-8,11,16,19H,2,9-10,12H2,1H3,(H,18,20).